The second-order valence-corrected chi connectivity index (χ2v) is 6.21. The van der Waals surface area contributed by atoms with Gasteiger partial charge in [0.1, 0.15) is 0 Å². The van der Waals surface area contributed by atoms with Crippen LogP contribution in [0.4, 0.5) is 0 Å². The highest BCUT2D eigenvalue weighted by atomic mass is 35.5. The third-order valence-electron chi connectivity index (χ3n) is 4.06. The Kier molecular flexibility index (Phi) is 6.12. The predicted octanol–water partition coefficient (Wildman–Crippen LogP) is 3.02. The summed E-state index contributed by atoms with van der Waals surface area (Å²) in [5, 5.41) is 1.22. The van der Waals surface area contributed by atoms with Crippen LogP contribution in [0, 0.1) is 0 Å². The summed E-state index contributed by atoms with van der Waals surface area (Å²) in [6, 6.07) is 5.87. The van der Waals surface area contributed by atoms with Crippen molar-refractivity contribution < 1.29 is 0 Å². The monoisotopic (exact) mass is 315 g/mol. The van der Waals surface area contributed by atoms with E-state index in [0.29, 0.717) is 16.6 Å². The van der Waals surface area contributed by atoms with Gasteiger partial charge < -0.3 is 10.6 Å². The summed E-state index contributed by atoms with van der Waals surface area (Å²) in [6.45, 7) is 5.06. The van der Waals surface area contributed by atoms with Crippen LogP contribution in [-0.2, 0) is 0 Å². The molecule has 3 nitrogen and oxygen atoms in total. The molecule has 0 radical (unpaired) electrons. The van der Waals surface area contributed by atoms with Gasteiger partial charge in [0, 0.05) is 25.7 Å². The molecule has 5 heteroatoms. The first-order chi connectivity index (χ1) is 9.63. The van der Waals surface area contributed by atoms with Crippen molar-refractivity contribution in [3.63, 3.8) is 0 Å². The molecule has 2 N–H and O–H groups in total. The van der Waals surface area contributed by atoms with E-state index in [1.807, 2.05) is 18.2 Å². The zero-order valence-electron chi connectivity index (χ0n) is 12.0. The highest BCUT2D eigenvalue weighted by Crippen LogP contribution is 2.31. The lowest BCUT2D eigenvalue weighted by atomic mass is 10.1. The first kappa shape index (κ1) is 16.1. The predicted molar refractivity (Wildman–Crippen MR) is 86.6 cm³/mol. The molecule has 1 aliphatic heterocycles. The molecule has 1 aliphatic rings. The third-order valence-corrected chi connectivity index (χ3v) is 4.90. The van der Waals surface area contributed by atoms with E-state index in [1.165, 1.54) is 25.9 Å². The first-order valence-corrected chi connectivity index (χ1v) is 7.95. The van der Waals surface area contributed by atoms with E-state index >= 15 is 0 Å². The second kappa shape index (κ2) is 7.62. The molecule has 2 rings (SSSR count). The summed E-state index contributed by atoms with van der Waals surface area (Å²) >= 11 is 12.4. The van der Waals surface area contributed by atoms with E-state index in [-0.39, 0.29) is 6.04 Å². The molecule has 1 heterocycles. The summed E-state index contributed by atoms with van der Waals surface area (Å²) in [7, 11) is 2.10. The van der Waals surface area contributed by atoms with Crippen molar-refractivity contribution in [2.24, 2.45) is 5.73 Å². The Morgan fingerprint density at radius 2 is 2.00 bits per heavy atom. The van der Waals surface area contributed by atoms with Crippen molar-refractivity contribution in [1.82, 2.24) is 9.80 Å². The van der Waals surface area contributed by atoms with Crippen LogP contribution in [0.1, 0.15) is 24.4 Å². The number of hydrogen-bond acceptors (Lipinski definition) is 3. The topological polar surface area (TPSA) is 32.5 Å². The molecule has 1 aromatic carbocycles. The molecule has 0 aromatic heterocycles. The largest absolute Gasteiger partial charge is 0.329 e. The molecule has 0 bridgehead atoms. The molecule has 0 spiro atoms. The van der Waals surface area contributed by atoms with Gasteiger partial charge in [-0.15, -0.1) is 0 Å². The van der Waals surface area contributed by atoms with Crippen molar-refractivity contribution in [2.75, 3.05) is 39.8 Å². The van der Waals surface area contributed by atoms with E-state index < -0.39 is 0 Å². The molecular formula is C15H23Cl2N3. The number of benzene rings is 1. The molecule has 112 valence electrons. The zero-order chi connectivity index (χ0) is 14.5. The number of likely N-dealkylation sites (tertiary alicyclic amines) is 1. The van der Waals surface area contributed by atoms with Gasteiger partial charge in [-0.3, -0.25) is 4.90 Å². The van der Waals surface area contributed by atoms with Gasteiger partial charge in [0.05, 0.1) is 10.0 Å². The first-order valence-electron chi connectivity index (χ1n) is 7.20. The lowest BCUT2D eigenvalue weighted by Gasteiger charge is -2.29. The Hall–Kier alpha value is -0.320. The lowest BCUT2D eigenvalue weighted by molar-refractivity contribution is 0.209. The normalized spacial score (nSPS) is 17.9. The Morgan fingerprint density at radius 3 is 2.65 bits per heavy atom. The quantitative estimate of drug-likeness (QED) is 0.875. The summed E-state index contributed by atoms with van der Waals surface area (Å²) in [6.07, 6.45) is 2.65. The van der Waals surface area contributed by atoms with Crippen LogP contribution in [0.25, 0.3) is 0 Å². The van der Waals surface area contributed by atoms with Gasteiger partial charge in [-0.25, -0.2) is 0 Å². The average Bonchev–Trinajstić information content (AvgIpc) is 2.95. The molecule has 1 aromatic rings. The Bertz CT molecular complexity index is 433. The maximum atomic E-state index is 6.31. The maximum Gasteiger partial charge on any atom is 0.0640 e. The van der Waals surface area contributed by atoms with Crippen LogP contribution >= 0.6 is 23.2 Å². The second-order valence-electron chi connectivity index (χ2n) is 5.42. The Morgan fingerprint density at radius 1 is 1.30 bits per heavy atom. The fourth-order valence-corrected chi connectivity index (χ4v) is 3.22. The number of halogens is 2. The fraction of sp³-hybridized carbons (Fsp3) is 0.600. The molecular weight excluding hydrogens is 293 g/mol. The van der Waals surface area contributed by atoms with Crippen molar-refractivity contribution in [1.29, 1.82) is 0 Å². The summed E-state index contributed by atoms with van der Waals surface area (Å²) < 4.78 is 0. The van der Waals surface area contributed by atoms with Crippen LogP contribution in [0.15, 0.2) is 18.2 Å². The molecule has 1 unspecified atom stereocenters. The van der Waals surface area contributed by atoms with E-state index in [2.05, 4.69) is 16.8 Å². The number of nitrogens with two attached hydrogens (primary N) is 1. The number of rotatable bonds is 6. The van der Waals surface area contributed by atoms with E-state index in [4.69, 9.17) is 28.9 Å². The Labute approximate surface area is 131 Å². The lowest BCUT2D eigenvalue weighted by Crippen LogP contribution is -2.36. The highest BCUT2D eigenvalue weighted by molar-refractivity contribution is 6.42. The molecule has 1 saturated heterocycles. The van der Waals surface area contributed by atoms with Crippen molar-refractivity contribution in [3.8, 4) is 0 Å². The van der Waals surface area contributed by atoms with Crippen LogP contribution in [0.3, 0.4) is 0 Å². The maximum absolute atomic E-state index is 6.31. The third kappa shape index (κ3) is 3.86. The van der Waals surface area contributed by atoms with Gasteiger partial charge in [-0.2, -0.15) is 0 Å². The van der Waals surface area contributed by atoms with Gasteiger partial charge in [-0.1, -0.05) is 35.3 Å². The fourth-order valence-electron chi connectivity index (χ4n) is 2.78. The van der Waals surface area contributed by atoms with Gasteiger partial charge >= 0.3 is 0 Å². The SMILES string of the molecule is CN(CCN1CCCC1)C(CN)c1cccc(Cl)c1Cl. The molecule has 0 saturated carbocycles. The van der Waals surface area contributed by atoms with Crippen LogP contribution in [-0.4, -0.2) is 49.6 Å². The number of likely N-dealkylation sites (N-methyl/N-ethyl adjacent to an activating group) is 1. The summed E-state index contributed by atoms with van der Waals surface area (Å²) in [5.74, 6) is 0. The van der Waals surface area contributed by atoms with E-state index in [1.54, 1.807) is 0 Å². The minimum Gasteiger partial charge on any atom is -0.329 e. The van der Waals surface area contributed by atoms with E-state index in [9.17, 15) is 0 Å². The van der Waals surface area contributed by atoms with Crippen LogP contribution in [0.2, 0.25) is 10.0 Å². The average molecular weight is 316 g/mol. The molecule has 20 heavy (non-hydrogen) atoms. The molecule has 0 amide bonds. The summed E-state index contributed by atoms with van der Waals surface area (Å²) in [5.41, 5.74) is 6.97. The van der Waals surface area contributed by atoms with Crippen LogP contribution in [0.5, 0.6) is 0 Å². The number of hydrogen-bond donors (Lipinski definition) is 1. The van der Waals surface area contributed by atoms with E-state index in [0.717, 1.165) is 18.7 Å². The molecule has 0 aliphatic carbocycles. The van der Waals surface area contributed by atoms with Gasteiger partial charge in [0.2, 0.25) is 0 Å². The minimum absolute atomic E-state index is 0.115. The standard InChI is InChI=1S/C15H23Cl2N3/c1-19(9-10-20-7-2-3-8-20)14(11-18)12-5-4-6-13(16)15(12)17/h4-6,14H,2-3,7-11,18H2,1H3. The van der Waals surface area contributed by atoms with Crippen molar-refractivity contribution in [2.45, 2.75) is 18.9 Å². The molecule has 1 atom stereocenters. The zero-order valence-corrected chi connectivity index (χ0v) is 13.5. The summed E-state index contributed by atoms with van der Waals surface area (Å²) in [4.78, 5) is 4.78. The van der Waals surface area contributed by atoms with Gasteiger partial charge in [-0.05, 0) is 44.6 Å². The Balaban J connectivity index is 2.00. The van der Waals surface area contributed by atoms with Gasteiger partial charge in [0.15, 0.2) is 0 Å². The molecule has 1 fully saturated rings. The van der Waals surface area contributed by atoms with Crippen molar-refractivity contribution in [3.05, 3.63) is 33.8 Å². The minimum atomic E-state index is 0.115. The van der Waals surface area contributed by atoms with Crippen molar-refractivity contribution >= 4 is 23.2 Å². The van der Waals surface area contributed by atoms with Gasteiger partial charge in [0.25, 0.3) is 0 Å². The smallest absolute Gasteiger partial charge is 0.0640 e. The number of nitrogens with zero attached hydrogens (tertiary/aromatic N) is 2. The van der Waals surface area contributed by atoms with Crippen LogP contribution < -0.4 is 5.73 Å². The highest BCUT2D eigenvalue weighted by Gasteiger charge is 2.20.